The van der Waals surface area contributed by atoms with Crippen LogP contribution in [0.25, 0.3) is 0 Å². The molecule has 0 bridgehead atoms. The second-order valence-electron chi connectivity index (χ2n) is 6.82. The predicted molar refractivity (Wildman–Crippen MR) is 146 cm³/mol. The molecule has 0 aliphatic carbocycles. The summed E-state index contributed by atoms with van der Waals surface area (Å²) in [5, 5.41) is 0. The smallest absolute Gasteiger partial charge is 0.790 e. The van der Waals surface area contributed by atoms with Gasteiger partial charge in [-0.2, -0.15) is 0 Å². The zero-order valence-corrected chi connectivity index (χ0v) is 26.7. The zero-order valence-electron chi connectivity index (χ0n) is 21.9. The van der Waals surface area contributed by atoms with Crippen LogP contribution in [-0.4, -0.2) is 31.3 Å². The number of rotatable bonds is 15. The Labute approximate surface area is 278 Å². The van der Waals surface area contributed by atoms with Crippen molar-refractivity contribution in [1.82, 2.24) is 6.15 Å². The molecule has 12 heteroatoms. The largest absolute Gasteiger partial charge is 1.00 e. The van der Waals surface area contributed by atoms with E-state index in [1.54, 1.807) is 0 Å². The van der Waals surface area contributed by atoms with Gasteiger partial charge in [0.2, 0.25) is 0 Å². The van der Waals surface area contributed by atoms with E-state index >= 15 is 0 Å². The monoisotopic (exact) mass is 567 g/mol. The van der Waals surface area contributed by atoms with Gasteiger partial charge in [-0.05, 0) is 53.8 Å². The average Bonchev–Trinajstić information content (AvgIpc) is 2.78. The fourth-order valence-electron chi connectivity index (χ4n) is 2.42. The summed E-state index contributed by atoms with van der Waals surface area (Å²) < 4.78 is 24.8. The van der Waals surface area contributed by atoms with Crippen LogP contribution < -0.4 is 75.1 Å². The molecule has 0 heterocycles. The number of carbonyl (C=O) groups is 2. The van der Waals surface area contributed by atoms with Crippen molar-refractivity contribution in [3.8, 4) is 59.7 Å². The molecule has 0 aliphatic heterocycles. The van der Waals surface area contributed by atoms with Crippen molar-refractivity contribution in [2.45, 2.75) is 70.8 Å². The van der Waals surface area contributed by atoms with Crippen molar-refractivity contribution in [3.63, 3.8) is 0 Å². The fourth-order valence-corrected chi connectivity index (χ4v) is 2.77. The molecule has 0 fully saturated rings. The standard InChI is InChI=1S/C25H29O8P.H3N.2Na.9H2/c1-3-5-7-9-11-13-15-17-19-24(26)31-21-23(22-32-34(28,29)30)33-25(27)20-18-16-14-12-10-8-6-4-2;;;;;;;;;;;;/h1,23H,4,6,8,10,12,14,16,18,20-22H2,2H3,(H2,28,29,30);1H3;;;9*1H/q;;2*+1;;;;;;;;;/p-2/t23-;;;;;;;;;;;;/m0............/s1. The second kappa shape index (κ2) is 29.4. The molecule has 0 rings (SSSR count). The maximum Gasteiger partial charge on any atom is 1.00 e. The van der Waals surface area contributed by atoms with E-state index in [1.807, 2.05) is 0 Å². The number of phosphoric acid groups is 1. The first-order chi connectivity index (χ1) is 16.3. The van der Waals surface area contributed by atoms with Gasteiger partial charge in [0.15, 0.2) is 6.10 Å². The van der Waals surface area contributed by atoms with Crippen molar-refractivity contribution in [2.75, 3.05) is 13.2 Å². The summed E-state index contributed by atoms with van der Waals surface area (Å²) in [5.74, 6) is 18.5. The van der Waals surface area contributed by atoms with Gasteiger partial charge < -0.3 is 34.5 Å². The minimum atomic E-state index is -5.30. The maximum absolute atomic E-state index is 12.0. The number of phosphoric ester groups is 1. The van der Waals surface area contributed by atoms with Crippen LogP contribution in [0.2, 0.25) is 0 Å². The van der Waals surface area contributed by atoms with Gasteiger partial charge in [0.05, 0.1) is 14.4 Å². The summed E-state index contributed by atoms with van der Waals surface area (Å²) in [6.45, 7) is 0.826. The Hall–Kier alpha value is -1.19. The van der Waals surface area contributed by atoms with Gasteiger partial charge in [0.1, 0.15) is 6.61 Å². The quantitative estimate of drug-likeness (QED) is 0.0581. The first-order valence-electron chi connectivity index (χ1n) is 10.8. The first kappa shape index (κ1) is 42.9. The summed E-state index contributed by atoms with van der Waals surface area (Å²) in [6.07, 6.45) is 12.1. The number of unbranched alkanes of at least 4 members (excludes halogenated alkanes) is 7. The van der Waals surface area contributed by atoms with Gasteiger partial charge in [-0.25, -0.2) is 4.79 Å². The van der Waals surface area contributed by atoms with Gasteiger partial charge in [-0.1, -0.05) is 51.9 Å². The molecule has 9 nitrogen and oxygen atoms in total. The van der Waals surface area contributed by atoms with E-state index in [-0.39, 0.29) is 84.5 Å². The Morgan fingerprint density at radius 2 is 1.38 bits per heavy atom. The third kappa shape index (κ3) is 32.8. The molecule has 0 radical (unpaired) electrons. The van der Waals surface area contributed by atoms with Crippen LogP contribution in [0.3, 0.4) is 0 Å². The minimum Gasteiger partial charge on any atom is -0.790 e. The second-order valence-corrected chi connectivity index (χ2v) is 7.98. The molecule has 0 aromatic rings. The van der Waals surface area contributed by atoms with Crippen LogP contribution in [0.15, 0.2) is 0 Å². The molecule has 3 N–H and O–H groups in total. The average molecular weight is 568 g/mol. The predicted octanol–water partition coefficient (Wildman–Crippen LogP) is -2.15. The van der Waals surface area contributed by atoms with Crippen molar-refractivity contribution < 1.29 is 110 Å². The van der Waals surface area contributed by atoms with Crippen LogP contribution >= 0.6 is 7.82 Å². The van der Waals surface area contributed by atoms with E-state index in [2.05, 4.69) is 64.7 Å². The van der Waals surface area contributed by atoms with Crippen molar-refractivity contribution in [2.24, 2.45) is 0 Å². The molecule has 37 heavy (non-hydrogen) atoms. The normalized spacial score (nSPS) is 9.46. The maximum atomic E-state index is 12.0. The van der Waals surface area contributed by atoms with Gasteiger partial charge >= 0.3 is 71.1 Å². The molecular formula is C25H48NNa2O8P. The van der Waals surface area contributed by atoms with E-state index < -0.39 is 39.1 Å². The third-order valence-electron chi connectivity index (χ3n) is 3.96. The Morgan fingerprint density at radius 1 is 0.865 bits per heavy atom. The van der Waals surface area contributed by atoms with Gasteiger partial charge in [0, 0.05) is 25.2 Å². The summed E-state index contributed by atoms with van der Waals surface area (Å²) >= 11 is 0. The SMILES string of the molecule is C#CC#CC#CC#CC#CC(=O)OC[C@@H](COP(=O)([O-])[O-])OC(=O)CCCCCCCCCC.N.[HH].[HH].[HH].[HH].[HH].[HH].[HH].[HH].[HH].[Na+].[Na+]. The van der Waals surface area contributed by atoms with Gasteiger partial charge in [-0.3, -0.25) is 4.79 Å². The summed E-state index contributed by atoms with van der Waals surface area (Å²) in [6, 6.07) is 0. The van der Waals surface area contributed by atoms with Crippen molar-refractivity contribution >= 4 is 19.8 Å². The molecule has 1 atom stereocenters. The number of carbonyl (C=O) groups excluding carboxylic acids is 2. The number of ether oxygens (including phenoxy) is 2. The Bertz CT molecular complexity index is 1020. The number of terminal acetylenes is 1. The Kier molecular flexibility index (Phi) is 34.0. The fraction of sp³-hybridized carbons (Fsp3) is 0.520. The van der Waals surface area contributed by atoms with E-state index in [1.165, 1.54) is 19.3 Å². The molecule has 0 saturated heterocycles. The van der Waals surface area contributed by atoms with E-state index in [0.29, 0.717) is 6.42 Å². The summed E-state index contributed by atoms with van der Waals surface area (Å²) in [4.78, 5) is 45.1. The van der Waals surface area contributed by atoms with Gasteiger partial charge in [0.25, 0.3) is 0 Å². The molecule has 0 unspecified atom stereocenters. The Balaban J connectivity index is -0.0000000825. The Morgan fingerprint density at radius 3 is 1.92 bits per heavy atom. The molecule has 0 aliphatic rings. The van der Waals surface area contributed by atoms with E-state index in [4.69, 9.17) is 15.9 Å². The summed E-state index contributed by atoms with van der Waals surface area (Å²) in [7, 11) is -5.30. The number of esters is 2. The van der Waals surface area contributed by atoms with E-state index in [0.717, 1.165) is 25.7 Å². The van der Waals surface area contributed by atoms with Crippen molar-refractivity contribution in [1.29, 1.82) is 0 Å². The molecule has 0 saturated carbocycles. The number of hydrogen-bond acceptors (Lipinski definition) is 9. The topological polar surface area (TPSA) is 160 Å². The summed E-state index contributed by atoms with van der Waals surface area (Å²) in [5.41, 5.74) is 0. The molecule has 208 valence electrons. The van der Waals surface area contributed by atoms with Gasteiger partial charge in [-0.15, -0.1) is 6.42 Å². The molecule has 0 amide bonds. The third-order valence-corrected chi connectivity index (χ3v) is 4.43. The number of hydrogen-bond donors (Lipinski definition) is 1. The molecule has 0 aromatic heterocycles. The zero-order chi connectivity index (χ0) is 25.5. The van der Waals surface area contributed by atoms with Crippen molar-refractivity contribution in [3.05, 3.63) is 0 Å². The van der Waals surface area contributed by atoms with Crippen LogP contribution in [0.1, 0.15) is 77.6 Å². The van der Waals surface area contributed by atoms with E-state index in [9.17, 15) is 23.9 Å². The first-order valence-corrected chi connectivity index (χ1v) is 12.2. The molecule has 0 aromatic carbocycles. The van der Waals surface area contributed by atoms with Crippen LogP contribution in [-0.2, 0) is 28.2 Å². The molecule has 0 spiro atoms. The molecular weight excluding hydrogens is 519 g/mol. The van der Waals surface area contributed by atoms with Crippen LogP contribution in [0, 0.1) is 59.7 Å². The van der Waals surface area contributed by atoms with Crippen LogP contribution in [0.5, 0.6) is 0 Å². The van der Waals surface area contributed by atoms with Crippen LogP contribution in [0.4, 0.5) is 0 Å². The minimum absolute atomic E-state index is 0.